The van der Waals surface area contributed by atoms with Gasteiger partial charge in [0.1, 0.15) is 5.54 Å². The Morgan fingerprint density at radius 1 is 1.29 bits per heavy atom. The highest BCUT2D eigenvalue weighted by Crippen LogP contribution is 2.33. The third-order valence-corrected chi connectivity index (χ3v) is 6.65. The van der Waals surface area contributed by atoms with E-state index in [-0.39, 0.29) is 12.2 Å². The largest absolute Gasteiger partial charge is 0.480 e. The highest BCUT2D eigenvalue weighted by molar-refractivity contribution is 6.40. The van der Waals surface area contributed by atoms with Crippen molar-refractivity contribution in [1.82, 2.24) is 4.90 Å². The molecule has 1 unspecified atom stereocenters. The molecule has 3 rings (SSSR count). The van der Waals surface area contributed by atoms with Gasteiger partial charge in [-0.05, 0) is 56.0 Å². The first-order valence-electron chi connectivity index (χ1n) is 11.2. The monoisotopic (exact) mass is 427 g/mol. The van der Waals surface area contributed by atoms with Crippen LogP contribution in [-0.2, 0) is 11.2 Å². The summed E-state index contributed by atoms with van der Waals surface area (Å²) in [5.74, 6) is -0.281. The standard InChI is InChI=1S/C23H34BN3O4/c1-17(26-21-10-6-8-18-7-2-3-9-20(18)21)27-15-11-19(12-16-27)23(25,22(28)29)13-4-5-14-24(30)31/h3,6,8-10,19,26,30-31H,1-2,4-5,7,11-16,25H2,(H,28,29). The fraction of sp³-hybridized carbons (Fsp3) is 0.522. The minimum absolute atomic E-state index is 0.125. The van der Waals surface area contributed by atoms with Gasteiger partial charge in [0, 0.05) is 24.3 Å². The van der Waals surface area contributed by atoms with Gasteiger partial charge < -0.3 is 31.1 Å². The lowest BCUT2D eigenvalue weighted by atomic mass is 9.74. The first kappa shape index (κ1) is 23.4. The van der Waals surface area contributed by atoms with Gasteiger partial charge in [-0.1, -0.05) is 43.7 Å². The molecule has 1 aromatic carbocycles. The lowest BCUT2D eigenvalue weighted by Gasteiger charge is -2.41. The molecule has 2 aliphatic rings. The van der Waals surface area contributed by atoms with Crippen molar-refractivity contribution < 1.29 is 19.9 Å². The summed E-state index contributed by atoms with van der Waals surface area (Å²) in [6.07, 6.45) is 9.49. The number of aryl methyl sites for hydroxylation is 1. The van der Waals surface area contributed by atoms with Crippen LogP contribution in [-0.4, -0.2) is 51.8 Å². The normalized spacial score (nSPS) is 18.2. The van der Waals surface area contributed by atoms with Crippen molar-refractivity contribution in [2.24, 2.45) is 11.7 Å². The summed E-state index contributed by atoms with van der Waals surface area (Å²) in [4.78, 5) is 14.1. The van der Waals surface area contributed by atoms with Gasteiger partial charge in [0.25, 0.3) is 0 Å². The van der Waals surface area contributed by atoms with Crippen molar-refractivity contribution in [2.45, 2.75) is 56.8 Å². The van der Waals surface area contributed by atoms with E-state index in [2.05, 4.69) is 47.1 Å². The number of carbonyl (C=O) groups is 1. The second kappa shape index (κ2) is 10.4. The molecule has 0 amide bonds. The Balaban J connectivity index is 1.56. The van der Waals surface area contributed by atoms with Gasteiger partial charge >= 0.3 is 13.1 Å². The maximum absolute atomic E-state index is 12.0. The van der Waals surface area contributed by atoms with E-state index in [1.807, 2.05) is 0 Å². The van der Waals surface area contributed by atoms with E-state index >= 15 is 0 Å². The molecule has 0 aromatic heterocycles. The number of piperidine rings is 1. The number of fused-ring (bicyclic) bond motifs is 1. The molecule has 0 spiro atoms. The van der Waals surface area contributed by atoms with Gasteiger partial charge in [-0.3, -0.25) is 4.79 Å². The Morgan fingerprint density at radius 3 is 2.71 bits per heavy atom. The third kappa shape index (κ3) is 5.70. The summed E-state index contributed by atoms with van der Waals surface area (Å²) in [6, 6.07) is 6.28. The number of aliphatic carboxylic acids is 1. The van der Waals surface area contributed by atoms with Crippen molar-refractivity contribution in [2.75, 3.05) is 18.4 Å². The molecular formula is C23H34BN3O4. The van der Waals surface area contributed by atoms with E-state index in [9.17, 15) is 9.90 Å². The van der Waals surface area contributed by atoms with Crippen LogP contribution in [0.3, 0.4) is 0 Å². The van der Waals surface area contributed by atoms with Gasteiger partial charge in [-0.15, -0.1) is 0 Å². The molecule has 0 saturated carbocycles. The topological polar surface area (TPSA) is 119 Å². The molecular weight excluding hydrogens is 393 g/mol. The summed E-state index contributed by atoms with van der Waals surface area (Å²) in [5, 5.41) is 31.2. The number of rotatable bonds is 10. The number of nitrogens with two attached hydrogens (primary N) is 1. The predicted molar refractivity (Wildman–Crippen MR) is 124 cm³/mol. The van der Waals surface area contributed by atoms with E-state index in [1.54, 1.807) is 0 Å². The highest BCUT2D eigenvalue weighted by atomic mass is 16.4. The number of unbranched alkanes of at least 4 members (excludes halogenated alkanes) is 1. The zero-order valence-electron chi connectivity index (χ0n) is 18.1. The lowest BCUT2D eigenvalue weighted by molar-refractivity contribution is -0.146. The summed E-state index contributed by atoms with van der Waals surface area (Å²) >= 11 is 0. The zero-order valence-corrected chi connectivity index (χ0v) is 18.1. The minimum Gasteiger partial charge on any atom is -0.480 e. The second-order valence-corrected chi connectivity index (χ2v) is 8.72. The number of nitrogens with zero attached hydrogens (tertiary/aromatic N) is 1. The zero-order chi connectivity index (χ0) is 22.4. The first-order valence-corrected chi connectivity index (χ1v) is 11.2. The van der Waals surface area contributed by atoms with Crippen molar-refractivity contribution in [3.63, 3.8) is 0 Å². The number of anilines is 1. The van der Waals surface area contributed by atoms with E-state index in [0.29, 0.717) is 45.2 Å². The van der Waals surface area contributed by atoms with Crippen LogP contribution >= 0.6 is 0 Å². The Bertz CT molecular complexity index is 821. The Labute approximate surface area is 184 Å². The molecule has 1 aliphatic heterocycles. The lowest BCUT2D eigenvalue weighted by Crippen LogP contribution is -2.57. The van der Waals surface area contributed by atoms with E-state index < -0.39 is 18.6 Å². The molecule has 168 valence electrons. The number of carboxylic acids is 1. The van der Waals surface area contributed by atoms with Crippen molar-refractivity contribution in [3.8, 4) is 0 Å². The van der Waals surface area contributed by atoms with Gasteiger partial charge in [-0.2, -0.15) is 0 Å². The number of benzene rings is 1. The maximum atomic E-state index is 12.0. The number of likely N-dealkylation sites (tertiary alicyclic amines) is 1. The smallest absolute Gasteiger partial charge is 0.451 e. The van der Waals surface area contributed by atoms with Crippen molar-refractivity contribution in [3.05, 3.63) is 47.8 Å². The molecule has 0 bridgehead atoms. The number of hydrogen-bond donors (Lipinski definition) is 5. The van der Waals surface area contributed by atoms with Crippen LogP contribution in [0.1, 0.15) is 49.7 Å². The van der Waals surface area contributed by atoms with Crippen LogP contribution in [0.5, 0.6) is 0 Å². The van der Waals surface area contributed by atoms with Gasteiger partial charge in [-0.25, -0.2) is 0 Å². The van der Waals surface area contributed by atoms with Gasteiger partial charge in [0.15, 0.2) is 0 Å². The van der Waals surface area contributed by atoms with Crippen molar-refractivity contribution >= 4 is 24.9 Å². The van der Waals surface area contributed by atoms with Gasteiger partial charge in [0.2, 0.25) is 0 Å². The average Bonchev–Trinajstić information content (AvgIpc) is 2.76. The van der Waals surface area contributed by atoms with Crippen molar-refractivity contribution in [1.29, 1.82) is 0 Å². The van der Waals surface area contributed by atoms with Crippen LogP contribution in [0, 0.1) is 5.92 Å². The SMILES string of the molecule is C=C(Nc1cccc2c1C=CCC2)N1CCC(C(N)(CCCCB(O)O)C(=O)O)CC1. The molecule has 1 aromatic rings. The van der Waals surface area contributed by atoms with E-state index in [1.165, 1.54) is 11.1 Å². The molecule has 1 atom stereocenters. The van der Waals surface area contributed by atoms with E-state index in [0.717, 1.165) is 24.4 Å². The highest BCUT2D eigenvalue weighted by Gasteiger charge is 2.43. The van der Waals surface area contributed by atoms with Crippen LogP contribution in [0.25, 0.3) is 6.08 Å². The molecule has 1 heterocycles. The molecule has 8 heteroatoms. The average molecular weight is 427 g/mol. The van der Waals surface area contributed by atoms with Crippen LogP contribution in [0.4, 0.5) is 5.69 Å². The fourth-order valence-electron chi connectivity index (χ4n) is 4.71. The number of allylic oxidation sites excluding steroid dienone is 1. The van der Waals surface area contributed by atoms with Crippen LogP contribution in [0.15, 0.2) is 36.7 Å². The third-order valence-electron chi connectivity index (χ3n) is 6.65. The Morgan fingerprint density at radius 2 is 2.03 bits per heavy atom. The molecule has 1 aliphatic carbocycles. The quantitative estimate of drug-likeness (QED) is 0.288. The maximum Gasteiger partial charge on any atom is 0.451 e. The summed E-state index contributed by atoms with van der Waals surface area (Å²) in [5.41, 5.74) is 8.67. The molecule has 31 heavy (non-hydrogen) atoms. The van der Waals surface area contributed by atoms with E-state index in [4.69, 9.17) is 15.8 Å². The summed E-state index contributed by atoms with van der Waals surface area (Å²) < 4.78 is 0. The predicted octanol–water partition coefficient (Wildman–Crippen LogP) is 2.67. The summed E-state index contributed by atoms with van der Waals surface area (Å²) in [6.45, 7) is 5.61. The molecule has 1 saturated heterocycles. The second-order valence-electron chi connectivity index (χ2n) is 8.72. The van der Waals surface area contributed by atoms with Crippen LogP contribution < -0.4 is 11.1 Å². The number of hydrogen-bond acceptors (Lipinski definition) is 6. The van der Waals surface area contributed by atoms with Gasteiger partial charge in [0.05, 0.1) is 5.82 Å². The number of nitrogens with one attached hydrogen (secondary N) is 1. The Hall–Kier alpha value is -2.29. The molecule has 1 fully saturated rings. The Kier molecular flexibility index (Phi) is 7.81. The van der Waals surface area contributed by atoms with Crippen LogP contribution in [0.2, 0.25) is 6.32 Å². The first-order chi connectivity index (χ1) is 14.8. The molecule has 7 nitrogen and oxygen atoms in total. The number of carboxylic acid groups (broad SMARTS) is 1. The molecule has 6 N–H and O–H groups in total. The summed E-state index contributed by atoms with van der Waals surface area (Å²) in [7, 11) is -1.36. The minimum atomic E-state index is -1.36. The fourth-order valence-corrected chi connectivity index (χ4v) is 4.71. The molecule has 0 radical (unpaired) electrons.